The molecule has 2 aliphatic carbocycles. The van der Waals surface area contributed by atoms with Gasteiger partial charge in [0.15, 0.2) is 0 Å². The molecule has 2 fully saturated rings. The third-order valence-corrected chi connectivity index (χ3v) is 4.83. The minimum atomic E-state index is 0.306. The normalized spacial score (nSPS) is 41.1. The van der Waals surface area contributed by atoms with Crippen LogP contribution in [0.4, 0.5) is 0 Å². The summed E-state index contributed by atoms with van der Waals surface area (Å²) in [6.07, 6.45) is 12.6. The summed E-state index contributed by atoms with van der Waals surface area (Å²) in [5, 5.41) is 0. The molecule has 94 valence electrons. The molecule has 3 rings (SSSR count). The quantitative estimate of drug-likeness (QED) is 0.614. The maximum atomic E-state index is 6.38. The largest absolute Gasteiger partial charge is 0.369 e. The molecule has 1 heterocycles. The molecule has 1 nitrogen and oxygen atoms in total. The number of allylic oxidation sites excluding steroid dienone is 1. The van der Waals surface area contributed by atoms with Gasteiger partial charge in [-0.25, -0.2) is 0 Å². The maximum absolute atomic E-state index is 6.38. The van der Waals surface area contributed by atoms with Gasteiger partial charge in [0.25, 0.3) is 0 Å². The first-order valence-corrected chi connectivity index (χ1v) is 7.28. The lowest BCUT2D eigenvalue weighted by atomic mass is 9.68. The number of ether oxygens (including phenoxy) is 1. The Bertz CT molecular complexity index is 341. The van der Waals surface area contributed by atoms with E-state index in [9.17, 15) is 0 Å². The molecule has 4 unspecified atom stereocenters. The number of hydrogen-bond donors (Lipinski definition) is 0. The monoisotopic (exact) mass is 232 g/mol. The van der Waals surface area contributed by atoms with Gasteiger partial charge in [0.05, 0.1) is 12.2 Å². The van der Waals surface area contributed by atoms with Crippen molar-refractivity contribution < 1.29 is 4.74 Å². The Morgan fingerprint density at radius 2 is 1.94 bits per heavy atom. The van der Waals surface area contributed by atoms with Crippen LogP contribution in [0, 0.1) is 11.8 Å². The summed E-state index contributed by atoms with van der Waals surface area (Å²) in [7, 11) is 0. The highest BCUT2D eigenvalue weighted by atomic mass is 16.5. The molecule has 3 aliphatic rings. The fraction of sp³-hybridized carbons (Fsp3) is 0.750. The molecule has 0 aromatic heterocycles. The molecule has 1 saturated heterocycles. The number of hydrogen-bond acceptors (Lipinski definition) is 1. The van der Waals surface area contributed by atoms with E-state index in [-0.39, 0.29) is 0 Å². The fourth-order valence-electron chi connectivity index (χ4n) is 4.06. The minimum Gasteiger partial charge on any atom is -0.369 e. The first kappa shape index (κ1) is 11.5. The van der Waals surface area contributed by atoms with Crippen LogP contribution in [0.1, 0.15) is 51.9 Å². The van der Waals surface area contributed by atoms with Crippen LogP contribution in [0.5, 0.6) is 0 Å². The van der Waals surface area contributed by atoms with E-state index >= 15 is 0 Å². The molecule has 0 N–H and O–H groups in total. The topological polar surface area (TPSA) is 9.23 Å². The Kier molecular flexibility index (Phi) is 3.12. The number of rotatable bonds is 1. The van der Waals surface area contributed by atoms with Crippen molar-refractivity contribution in [1.82, 2.24) is 0 Å². The highest BCUT2D eigenvalue weighted by Gasteiger charge is 2.42. The second kappa shape index (κ2) is 4.61. The highest BCUT2D eigenvalue weighted by Crippen LogP contribution is 2.47. The second-order valence-corrected chi connectivity index (χ2v) is 6.07. The van der Waals surface area contributed by atoms with Gasteiger partial charge in [-0.15, -0.1) is 0 Å². The van der Waals surface area contributed by atoms with E-state index in [1.54, 1.807) is 5.57 Å². The smallest absolute Gasteiger partial charge is 0.0849 e. The molecular weight excluding hydrogens is 208 g/mol. The first-order valence-electron chi connectivity index (χ1n) is 7.28. The SMILES string of the molecule is C=C(C)C1OC2CCCCC2C2=CCCCC21. The molecule has 1 aliphatic heterocycles. The van der Waals surface area contributed by atoms with Gasteiger partial charge in [-0.05, 0) is 39.0 Å². The Labute approximate surface area is 105 Å². The van der Waals surface area contributed by atoms with E-state index in [0.717, 1.165) is 5.92 Å². The first-order chi connectivity index (χ1) is 8.27. The summed E-state index contributed by atoms with van der Waals surface area (Å²) >= 11 is 0. The zero-order valence-electron chi connectivity index (χ0n) is 11.0. The zero-order valence-corrected chi connectivity index (χ0v) is 11.0. The molecule has 0 radical (unpaired) electrons. The predicted molar refractivity (Wildman–Crippen MR) is 70.9 cm³/mol. The average Bonchev–Trinajstić information content (AvgIpc) is 2.37. The molecular formula is C16H24O. The summed E-state index contributed by atoms with van der Waals surface area (Å²) in [5.41, 5.74) is 2.96. The van der Waals surface area contributed by atoms with E-state index < -0.39 is 0 Å². The molecule has 1 saturated carbocycles. The lowest BCUT2D eigenvalue weighted by Gasteiger charge is -2.47. The maximum Gasteiger partial charge on any atom is 0.0849 e. The van der Waals surface area contributed by atoms with Gasteiger partial charge in [0.1, 0.15) is 0 Å². The Balaban J connectivity index is 1.90. The minimum absolute atomic E-state index is 0.306. The van der Waals surface area contributed by atoms with Crippen LogP contribution >= 0.6 is 0 Å². The zero-order chi connectivity index (χ0) is 11.8. The van der Waals surface area contributed by atoms with E-state index in [0.29, 0.717) is 18.1 Å². The van der Waals surface area contributed by atoms with Crippen LogP contribution < -0.4 is 0 Å². The molecule has 17 heavy (non-hydrogen) atoms. The summed E-state index contributed by atoms with van der Waals surface area (Å²) in [5.74, 6) is 1.39. The highest BCUT2D eigenvalue weighted by molar-refractivity contribution is 5.24. The molecule has 0 amide bonds. The van der Waals surface area contributed by atoms with Gasteiger partial charge in [-0.1, -0.05) is 36.6 Å². The second-order valence-electron chi connectivity index (χ2n) is 6.07. The number of fused-ring (bicyclic) bond motifs is 3. The van der Waals surface area contributed by atoms with E-state index in [1.165, 1.54) is 50.5 Å². The van der Waals surface area contributed by atoms with Gasteiger partial charge in [-0.2, -0.15) is 0 Å². The molecule has 0 aromatic rings. The molecule has 4 atom stereocenters. The third-order valence-electron chi connectivity index (χ3n) is 4.83. The van der Waals surface area contributed by atoms with Crippen molar-refractivity contribution in [3.63, 3.8) is 0 Å². The van der Waals surface area contributed by atoms with Gasteiger partial charge in [0, 0.05) is 11.8 Å². The summed E-state index contributed by atoms with van der Waals surface area (Å²) in [4.78, 5) is 0. The van der Waals surface area contributed by atoms with Crippen LogP contribution in [-0.2, 0) is 4.74 Å². The van der Waals surface area contributed by atoms with Crippen LogP contribution in [0.3, 0.4) is 0 Å². The van der Waals surface area contributed by atoms with Crippen molar-refractivity contribution in [3.05, 3.63) is 23.8 Å². The lowest BCUT2D eigenvalue weighted by Crippen LogP contribution is -2.45. The van der Waals surface area contributed by atoms with Crippen molar-refractivity contribution in [2.24, 2.45) is 11.8 Å². The molecule has 0 bridgehead atoms. The Morgan fingerprint density at radius 3 is 2.76 bits per heavy atom. The third kappa shape index (κ3) is 1.99. The van der Waals surface area contributed by atoms with Crippen molar-refractivity contribution in [2.45, 2.75) is 64.1 Å². The molecule has 1 heteroatoms. The summed E-state index contributed by atoms with van der Waals surface area (Å²) in [6.45, 7) is 6.29. The van der Waals surface area contributed by atoms with E-state index in [2.05, 4.69) is 19.6 Å². The molecule has 0 spiro atoms. The van der Waals surface area contributed by atoms with Crippen molar-refractivity contribution in [2.75, 3.05) is 0 Å². The van der Waals surface area contributed by atoms with Gasteiger partial charge >= 0.3 is 0 Å². The van der Waals surface area contributed by atoms with Crippen molar-refractivity contribution in [1.29, 1.82) is 0 Å². The van der Waals surface area contributed by atoms with Crippen LogP contribution in [0.2, 0.25) is 0 Å². The standard InChI is InChI=1S/C16H24O/c1-11(2)16-14-9-4-3-7-12(14)13-8-5-6-10-15(13)17-16/h7,13-16H,1,3-6,8-10H2,2H3. The van der Waals surface area contributed by atoms with E-state index in [4.69, 9.17) is 4.74 Å². The van der Waals surface area contributed by atoms with Gasteiger partial charge in [-0.3, -0.25) is 0 Å². The van der Waals surface area contributed by atoms with Gasteiger partial charge < -0.3 is 4.74 Å². The van der Waals surface area contributed by atoms with Crippen LogP contribution in [-0.4, -0.2) is 12.2 Å². The van der Waals surface area contributed by atoms with Crippen LogP contribution in [0.15, 0.2) is 23.8 Å². The van der Waals surface area contributed by atoms with Gasteiger partial charge in [0.2, 0.25) is 0 Å². The van der Waals surface area contributed by atoms with Crippen LogP contribution in [0.25, 0.3) is 0 Å². The van der Waals surface area contributed by atoms with Crippen molar-refractivity contribution in [3.8, 4) is 0 Å². The average molecular weight is 232 g/mol. The Hall–Kier alpha value is -0.560. The lowest BCUT2D eigenvalue weighted by molar-refractivity contribution is -0.0871. The molecule has 0 aromatic carbocycles. The van der Waals surface area contributed by atoms with E-state index in [1.807, 2.05) is 0 Å². The Morgan fingerprint density at radius 1 is 1.18 bits per heavy atom. The predicted octanol–water partition coefficient (Wildman–Crippen LogP) is 4.25. The summed E-state index contributed by atoms with van der Waals surface area (Å²) in [6, 6.07) is 0. The van der Waals surface area contributed by atoms with Crippen molar-refractivity contribution >= 4 is 0 Å². The summed E-state index contributed by atoms with van der Waals surface area (Å²) < 4.78 is 6.38. The fourth-order valence-corrected chi connectivity index (χ4v) is 4.06.